The maximum atomic E-state index is 5.42. The molecule has 0 aromatic carbocycles. The number of aromatic nitrogens is 1. The molecule has 0 aliphatic rings. The van der Waals surface area contributed by atoms with Crippen molar-refractivity contribution in [3.8, 4) is 5.88 Å². The Hall–Kier alpha value is -0.650. The smallest absolute Gasteiger partial charge is 0.213 e. The summed E-state index contributed by atoms with van der Waals surface area (Å²) in [5.74, 6) is 0.639. The Morgan fingerprint density at radius 3 is 2.75 bits per heavy atom. The molecule has 5 heteroatoms. The SMILES string of the molecule is COCCOCCCOc1ccc(Br)cn1. The lowest BCUT2D eigenvalue weighted by molar-refractivity contribution is 0.0642. The number of pyridine rings is 1. The van der Waals surface area contributed by atoms with Crippen LogP contribution in [0.2, 0.25) is 0 Å². The van der Waals surface area contributed by atoms with E-state index < -0.39 is 0 Å². The molecule has 1 aromatic rings. The minimum absolute atomic E-state index is 0.613. The summed E-state index contributed by atoms with van der Waals surface area (Å²) >= 11 is 3.31. The van der Waals surface area contributed by atoms with E-state index in [4.69, 9.17) is 14.2 Å². The van der Waals surface area contributed by atoms with E-state index in [2.05, 4.69) is 20.9 Å². The summed E-state index contributed by atoms with van der Waals surface area (Å²) in [4.78, 5) is 4.10. The standard InChI is InChI=1S/C11H16BrNO3/c1-14-7-8-15-5-2-6-16-11-4-3-10(12)9-13-11/h3-4,9H,2,5-8H2,1H3. The third kappa shape index (κ3) is 6.05. The Balaban J connectivity index is 2.01. The minimum Gasteiger partial charge on any atom is -0.478 e. The van der Waals surface area contributed by atoms with E-state index in [0.717, 1.165) is 10.9 Å². The van der Waals surface area contributed by atoms with Crippen LogP contribution in [0.15, 0.2) is 22.8 Å². The van der Waals surface area contributed by atoms with Crippen molar-refractivity contribution in [1.82, 2.24) is 4.98 Å². The van der Waals surface area contributed by atoms with E-state index in [0.29, 0.717) is 32.3 Å². The molecule has 0 unspecified atom stereocenters. The van der Waals surface area contributed by atoms with Crippen LogP contribution < -0.4 is 4.74 Å². The molecule has 0 saturated heterocycles. The first-order chi connectivity index (χ1) is 7.83. The first kappa shape index (κ1) is 13.4. The van der Waals surface area contributed by atoms with Gasteiger partial charge in [0.15, 0.2) is 0 Å². The average molecular weight is 290 g/mol. The molecule has 0 aliphatic heterocycles. The van der Waals surface area contributed by atoms with Gasteiger partial charge in [-0.05, 0) is 22.0 Å². The summed E-state index contributed by atoms with van der Waals surface area (Å²) in [6.07, 6.45) is 2.56. The quantitative estimate of drug-likeness (QED) is 0.689. The third-order valence-corrected chi connectivity index (χ3v) is 2.28. The second-order valence-electron chi connectivity index (χ2n) is 3.12. The van der Waals surface area contributed by atoms with Crippen molar-refractivity contribution in [1.29, 1.82) is 0 Å². The summed E-state index contributed by atoms with van der Waals surface area (Å²) in [6, 6.07) is 3.73. The highest BCUT2D eigenvalue weighted by molar-refractivity contribution is 9.10. The number of nitrogens with zero attached hydrogens (tertiary/aromatic N) is 1. The Labute approximate surface area is 104 Å². The third-order valence-electron chi connectivity index (χ3n) is 1.82. The molecule has 4 nitrogen and oxygen atoms in total. The van der Waals surface area contributed by atoms with Gasteiger partial charge in [0, 0.05) is 36.9 Å². The molecule has 0 amide bonds. The van der Waals surface area contributed by atoms with E-state index in [1.54, 1.807) is 13.3 Å². The molecule has 1 rings (SSSR count). The van der Waals surface area contributed by atoms with Crippen molar-refractivity contribution >= 4 is 15.9 Å². The first-order valence-electron chi connectivity index (χ1n) is 5.14. The molecule has 0 spiro atoms. The average Bonchev–Trinajstić information content (AvgIpc) is 2.30. The fraction of sp³-hybridized carbons (Fsp3) is 0.545. The van der Waals surface area contributed by atoms with Gasteiger partial charge in [0.05, 0.1) is 19.8 Å². The molecule has 0 fully saturated rings. The van der Waals surface area contributed by atoms with Crippen LogP contribution in [0, 0.1) is 0 Å². The summed E-state index contributed by atoms with van der Waals surface area (Å²) in [6.45, 7) is 2.56. The topological polar surface area (TPSA) is 40.6 Å². The van der Waals surface area contributed by atoms with Crippen molar-refractivity contribution in [2.45, 2.75) is 6.42 Å². The van der Waals surface area contributed by atoms with Crippen molar-refractivity contribution in [3.63, 3.8) is 0 Å². The number of ether oxygens (including phenoxy) is 3. The number of rotatable bonds is 8. The van der Waals surface area contributed by atoms with Crippen LogP contribution in [0.3, 0.4) is 0 Å². The highest BCUT2D eigenvalue weighted by Gasteiger charge is 1.95. The zero-order chi connectivity index (χ0) is 11.6. The molecule has 16 heavy (non-hydrogen) atoms. The van der Waals surface area contributed by atoms with E-state index in [1.807, 2.05) is 12.1 Å². The Bertz CT molecular complexity index is 279. The van der Waals surface area contributed by atoms with E-state index in [1.165, 1.54) is 0 Å². The van der Waals surface area contributed by atoms with Crippen LogP contribution in [0.5, 0.6) is 5.88 Å². The van der Waals surface area contributed by atoms with Gasteiger partial charge in [-0.3, -0.25) is 0 Å². The molecule has 0 radical (unpaired) electrons. The fourth-order valence-corrected chi connectivity index (χ4v) is 1.26. The van der Waals surface area contributed by atoms with Gasteiger partial charge in [0.1, 0.15) is 0 Å². The minimum atomic E-state index is 0.613. The second kappa shape index (κ2) is 8.50. The molecule has 0 atom stereocenters. The molecule has 0 N–H and O–H groups in total. The molecular weight excluding hydrogens is 274 g/mol. The van der Waals surface area contributed by atoms with Gasteiger partial charge in [-0.25, -0.2) is 4.98 Å². The summed E-state index contributed by atoms with van der Waals surface area (Å²) in [5, 5.41) is 0. The number of hydrogen-bond acceptors (Lipinski definition) is 4. The van der Waals surface area contributed by atoms with Crippen LogP contribution in [0.4, 0.5) is 0 Å². The molecule has 1 aromatic heterocycles. The van der Waals surface area contributed by atoms with Crippen LogP contribution in [-0.4, -0.2) is 38.5 Å². The summed E-state index contributed by atoms with van der Waals surface area (Å²) in [7, 11) is 1.66. The zero-order valence-electron chi connectivity index (χ0n) is 9.32. The molecule has 0 aliphatic carbocycles. The van der Waals surface area contributed by atoms with Gasteiger partial charge in [0.25, 0.3) is 0 Å². The number of halogens is 1. The maximum Gasteiger partial charge on any atom is 0.213 e. The monoisotopic (exact) mass is 289 g/mol. The summed E-state index contributed by atoms with van der Waals surface area (Å²) < 4.78 is 16.5. The first-order valence-corrected chi connectivity index (χ1v) is 5.93. The van der Waals surface area contributed by atoms with Crippen LogP contribution in [-0.2, 0) is 9.47 Å². The van der Waals surface area contributed by atoms with Crippen molar-refractivity contribution in [3.05, 3.63) is 22.8 Å². The highest BCUT2D eigenvalue weighted by atomic mass is 79.9. The maximum absolute atomic E-state index is 5.42. The van der Waals surface area contributed by atoms with Gasteiger partial charge in [-0.15, -0.1) is 0 Å². The van der Waals surface area contributed by atoms with E-state index >= 15 is 0 Å². The Kier molecular flexibility index (Phi) is 7.12. The normalized spacial score (nSPS) is 10.4. The fourth-order valence-electron chi connectivity index (χ4n) is 1.03. The zero-order valence-corrected chi connectivity index (χ0v) is 10.9. The van der Waals surface area contributed by atoms with Crippen molar-refractivity contribution in [2.24, 2.45) is 0 Å². The lowest BCUT2D eigenvalue weighted by atomic mass is 10.4. The largest absolute Gasteiger partial charge is 0.478 e. The van der Waals surface area contributed by atoms with Crippen LogP contribution in [0.25, 0.3) is 0 Å². The Morgan fingerprint density at radius 1 is 1.19 bits per heavy atom. The molecular formula is C11H16BrNO3. The van der Waals surface area contributed by atoms with E-state index in [9.17, 15) is 0 Å². The van der Waals surface area contributed by atoms with E-state index in [-0.39, 0.29) is 0 Å². The number of hydrogen-bond donors (Lipinski definition) is 0. The lowest BCUT2D eigenvalue weighted by Gasteiger charge is -2.05. The second-order valence-corrected chi connectivity index (χ2v) is 4.04. The molecule has 1 heterocycles. The predicted molar refractivity (Wildman–Crippen MR) is 64.7 cm³/mol. The van der Waals surface area contributed by atoms with Crippen molar-refractivity contribution < 1.29 is 14.2 Å². The van der Waals surface area contributed by atoms with Gasteiger partial charge < -0.3 is 14.2 Å². The van der Waals surface area contributed by atoms with Gasteiger partial charge in [-0.2, -0.15) is 0 Å². The van der Waals surface area contributed by atoms with Crippen molar-refractivity contribution in [2.75, 3.05) is 33.5 Å². The Morgan fingerprint density at radius 2 is 2.06 bits per heavy atom. The molecule has 0 bridgehead atoms. The summed E-state index contributed by atoms with van der Waals surface area (Å²) in [5.41, 5.74) is 0. The van der Waals surface area contributed by atoms with Gasteiger partial charge in [0.2, 0.25) is 5.88 Å². The predicted octanol–water partition coefficient (Wildman–Crippen LogP) is 2.28. The van der Waals surface area contributed by atoms with Crippen LogP contribution in [0.1, 0.15) is 6.42 Å². The highest BCUT2D eigenvalue weighted by Crippen LogP contribution is 2.12. The number of methoxy groups -OCH3 is 1. The van der Waals surface area contributed by atoms with Gasteiger partial charge >= 0.3 is 0 Å². The lowest BCUT2D eigenvalue weighted by Crippen LogP contribution is -2.07. The molecule has 0 saturated carbocycles. The van der Waals surface area contributed by atoms with Crippen LogP contribution >= 0.6 is 15.9 Å². The molecule has 90 valence electrons. The van der Waals surface area contributed by atoms with Gasteiger partial charge in [-0.1, -0.05) is 0 Å².